The fraction of sp³-hybridized carbons (Fsp3) is 0. The van der Waals surface area contributed by atoms with Crippen LogP contribution in [-0.4, -0.2) is 16.1 Å². The summed E-state index contributed by atoms with van der Waals surface area (Å²) in [5.74, 6) is -1.12. The highest BCUT2D eigenvalue weighted by Crippen LogP contribution is 2.39. The minimum absolute atomic E-state index is 0.0186. The Hall–Kier alpha value is -1.000. The number of hydrogen-bond donors (Lipinski definition) is 1. The first kappa shape index (κ1) is 14.4. The lowest BCUT2D eigenvalue weighted by atomic mass is 10.1. The Morgan fingerprint density at radius 3 is 2.05 bits per heavy atom. The number of carboxylic acids is 1. The van der Waals surface area contributed by atoms with Crippen molar-refractivity contribution in [2.45, 2.75) is 0 Å². The summed E-state index contributed by atoms with van der Waals surface area (Å²) < 4.78 is 0. The van der Waals surface area contributed by atoms with Crippen LogP contribution in [0.1, 0.15) is 10.4 Å². The molecule has 0 spiro atoms. The molecule has 0 amide bonds. The predicted molar refractivity (Wildman–Crippen MR) is 76.7 cm³/mol. The lowest BCUT2D eigenvalue weighted by molar-refractivity contribution is 0.0696. The third-order valence-electron chi connectivity index (χ3n) is 2.33. The van der Waals surface area contributed by atoms with Crippen LogP contribution in [0.4, 0.5) is 0 Å². The van der Waals surface area contributed by atoms with E-state index < -0.39 is 5.97 Å². The summed E-state index contributed by atoms with van der Waals surface area (Å²) >= 11 is 24.0. The van der Waals surface area contributed by atoms with Gasteiger partial charge < -0.3 is 5.11 Å². The maximum atomic E-state index is 10.8. The summed E-state index contributed by atoms with van der Waals surface area (Å²) in [6, 6.07) is 4.30. The highest BCUT2D eigenvalue weighted by molar-refractivity contribution is 6.43. The number of aromatic nitrogens is 1. The molecule has 0 saturated heterocycles. The third kappa shape index (κ3) is 2.95. The van der Waals surface area contributed by atoms with E-state index in [1.54, 1.807) is 0 Å². The molecule has 1 aromatic carbocycles. The van der Waals surface area contributed by atoms with Gasteiger partial charge >= 0.3 is 5.97 Å². The maximum Gasteiger partial charge on any atom is 0.337 e. The summed E-state index contributed by atoms with van der Waals surface area (Å²) in [6.45, 7) is 0. The van der Waals surface area contributed by atoms with E-state index in [1.165, 1.54) is 24.4 Å². The monoisotopic (exact) mass is 335 g/mol. The van der Waals surface area contributed by atoms with E-state index in [2.05, 4.69) is 4.98 Å². The fourth-order valence-electron chi connectivity index (χ4n) is 1.51. The van der Waals surface area contributed by atoms with Gasteiger partial charge in [0.15, 0.2) is 0 Å². The lowest BCUT2D eigenvalue weighted by Crippen LogP contribution is -1.98. The Morgan fingerprint density at radius 2 is 1.58 bits per heavy atom. The van der Waals surface area contributed by atoms with Crippen molar-refractivity contribution in [1.29, 1.82) is 0 Å². The number of hydrogen-bond acceptors (Lipinski definition) is 2. The molecule has 0 unspecified atom stereocenters. The second-order valence-corrected chi connectivity index (χ2v) is 5.26. The number of carboxylic acid groups (broad SMARTS) is 1. The van der Waals surface area contributed by atoms with Crippen LogP contribution in [0.3, 0.4) is 0 Å². The molecule has 19 heavy (non-hydrogen) atoms. The molecular formula is C12H5Cl4NO2. The Kier molecular flexibility index (Phi) is 4.21. The zero-order valence-corrected chi connectivity index (χ0v) is 12.1. The van der Waals surface area contributed by atoms with Crippen LogP contribution in [0, 0.1) is 0 Å². The normalized spacial score (nSPS) is 10.5. The second-order valence-electron chi connectivity index (χ2n) is 3.60. The molecule has 2 rings (SSSR count). The van der Waals surface area contributed by atoms with Crippen LogP contribution >= 0.6 is 46.4 Å². The van der Waals surface area contributed by atoms with Crippen LogP contribution in [-0.2, 0) is 0 Å². The zero-order valence-electron chi connectivity index (χ0n) is 9.12. The zero-order chi connectivity index (χ0) is 14.2. The van der Waals surface area contributed by atoms with Crippen LogP contribution in [0.25, 0.3) is 11.3 Å². The molecule has 1 aromatic heterocycles. The summed E-state index contributed by atoms with van der Waals surface area (Å²) in [7, 11) is 0. The van der Waals surface area contributed by atoms with Crippen LogP contribution in [0.5, 0.6) is 0 Å². The van der Waals surface area contributed by atoms with Crippen molar-refractivity contribution in [3.05, 3.63) is 50.0 Å². The van der Waals surface area contributed by atoms with Crippen LogP contribution in [0.2, 0.25) is 20.1 Å². The topological polar surface area (TPSA) is 50.2 Å². The first-order valence-electron chi connectivity index (χ1n) is 4.94. The van der Waals surface area contributed by atoms with Gasteiger partial charge in [-0.3, -0.25) is 4.98 Å². The standard InChI is InChI=1S/C12H5Cl4NO2/c13-6-2-7(14)10(8(15)3-6)11-9(16)1-5(4-17-11)12(18)19/h1-4H,(H,18,19). The molecule has 2 aromatic rings. The molecule has 0 radical (unpaired) electrons. The Morgan fingerprint density at radius 1 is 1.00 bits per heavy atom. The van der Waals surface area contributed by atoms with E-state index in [0.29, 0.717) is 16.3 Å². The number of aromatic carboxylic acids is 1. The molecule has 1 heterocycles. The number of nitrogens with zero attached hydrogens (tertiary/aromatic N) is 1. The van der Waals surface area contributed by atoms with Crippen molar-refractivity contribution in [2.75, 3.05) is 0 Å². The highest BCUT2D eigenvalue weighted by Gasteiger charge is 2.16. The first-order valence-corrected chi connectivity index (χ1v) is 6.45. The van der Waals surface area contributed by atoms with Crippen molar-refractivity contribution in [3.63, 3.8) is 0 Å². The van der Waals surface area contributed by atoms with E-state index in [-0.39, 0.29) is 20.6 Å². The number of pyridine rings is 1. The average molecular weight is 337 g/mol. The van der Waals surface area contributed by atoms with E-state index in [1.807, 2.05) is 0 Å². The van der Waals surface area contributed by atoms with Crippen molar-refractivity contribution in [1.82, 2.24) is 4.98 Å². The third-order valence-corrected chi connectivity index (χ3v) is 3.43. The molecule has 0 aliphatic heterocycles. The Balaban J connectivity index is 2.63. The quantitative estimate of drug-likeness (QED) is 0.833. The molecule has 0 aliphatic carbocycles. The molecule has 0 fully saturated rings. The summed E-state index contributed by atoms with van der Waals surface area (Å²) in [5.41, 5.74) is 0.697. The molecular weight excluding hydrogens is 332 g/mol. The van der Waals surface area contributed by atoms with Gasteiger partial charge in [0.2, 0.25) is 0 Å². The predicted octanol–water partition coefficient (Wildman–Crippen LogP) is 5.06. The number of halogens is 4. The summed E-state index contributed by atoms with van der Waals surface area (Å²) in [5, 5.41) is 9.95. The van der Waals surface area contributed by atoms with Crippen LogP contribution in [0.15, 0.2) is 24.4 Å². The smallest absolute Gasteiger partial charge is 0.337 e. The Bertz CT molecular complexity index is 650. The molecule has 1 N–H and O–H groups in total. The van der Waals surface area contributed by atoms with Gasteiger partial charge in [0, 0.05) is 16.8 Å². The van der Waals surface area contributed by atoms with Crippen molar-refractivity contribution in [2.24, 2.45) is 0 Å². The van der Waals surface area contributed by atoms with E-state index in [4.69, 9.17) is 51.5 Å². The summed E-state index contributed by atoms with van der Waals surface area (Å²) in [4.78, 5) is 14.8. The van der Waals surface area contributed by atoms with Gasteiger partial charge in [-0.1, -0.05) is 46.4 Å². The van der Waals surface area contributed by atoms with Crippen molar-refractivity contribution < 1.29 is 9.90 Å². The van der Waals surface area contributed by atoms with Gasteiger partial charge in [-0.05, 0) is 18.2 Å². The molecule has 0 atom stereocenters. The SMILES string of the molecule is O=C(O)c1cnc(-c2c(Cl)cc(Cl)cc2Cl)c(Cl)c1. The largest absolute Gasteiger partial charge is 0.478 e. The molecule has 0 bridgehead atoms. The highest BCUT2D eigenvalue weighted by atomic mass is 35.5. The van der Waals surface area contributed by atoms with Crippen LogP contribution < -0.4 is 0 Å². The first-order chi connectivity index (χ1) is 8.90. The summed E-state index contributed by atoms with van der Waals surface area (Å²) in [6.07, 6.45) is 1.19. The average Bonchev–Trinajstić information content (AvgIpc) is 2.29. The van der Waals surface area contributed by atoms with Gasteiger partial charge in [0.05, 0.1) is 26.3 Å². The van der Waals surface area contributed by atoms with Gasteiger partial charge in [-0.2, -0.15) is 0 Å². The van der Waals surface area contributed by atoms with E-state index in [0.717, 1.165) is 0 Å². The molecule has 3 nitrogen and oxygen atoms in total. The molecule has 7 heteroatoms. The lowest BCUT2D eigenvalue weighted by Gasteiger charge is -2.09. The van der Waals surface area contributed by atoms with E-state index >= 15 is 0 Å². The minimum Gasteiger partial charge on any atom is -0.478 e. The number of carbonyl (C=O) groups is 1. The van der Waals surface area contributed by atoms with E-state index in [9.17, 15) is 4.79 Å². The van der Waals surface area contributed by atoms with Gasteiger partial charge in [0.25, 0.3) is 0 Å². The van der Waals surface area contributed by atoms with Crippen molar-refractivity contribution in [3.8, 4) is 11.3 Å². The second kappa shape index (κ2) is 5.55. The minimum atomic E-state index is -1.12. The molecule has 0 aliphatic rings. The Labute approximate surface area is 128 Å². The molecule has 0 saturated carbocycles. The number of rotatable bonds is 2. The molecule has 98 valence electrons. The number of benzene rings is 1. The van der Waals surface area contributed by atoms with Gasteiger partial charge in [0.1, 0.15) is 0 Å². The van der Waals surface area contributed by atoms with Gasteiger partial charge in [-0.15, -0.1) is 0 Å². The fourth-order valence-corrected chi connectivity index (χ4v) is 2.76. The maximum absolute atomic E-state index is 10.8. The van der Waals surface area contributed by atoms with Crippen molar-refractivity contribution >= 4 is 52.4 Å². The van der Waals surface area contributed by atoms with Gasteiger partial charge in [-0.25, -0.2) is 4.79 Å².